The van der Waals surface area contributed by atoms with E-state index in [1.165, 1.54) is 0 Å². The molecule has 1 unspecified atom stereocenters. The van der Waals surface area contributed by atoms with Crippen molar-refractivity contribution in [2.24, 2.45) is 5.92 Å². The summed E-state index contributed by atoms with van der Waals surface area (Å²) in [7, 11) is 0. The van der Waals surface area contributed by atoms with E-state index in [2.05, 4.69) is 5.32 Å². The van der Waals surface area contributed by atoms with Crippen LogP contribution < -0.4 is 5.32 Å². The fourth-order valence-corrected chi connectivity index (χ4v) is 3.23. The van der Waals surface area contributed by atoms with Crippen molar-refractivity contribution in [3.63, 3.8) is 0 Å². The van der Waals surface area contributed by atoms with Crippen molar-refractivity contribution in [2.45, 2.75) is 38.8 Å². The Balaban J connectivity index is 1.54. The minimum absolute atomic E-state index is 0.0764. The molecular formula is C18H24N2O3. The Bertz CT molecular complexity index is 567. The fourth-order valence-electron chi connectivity index (χ4n) is 3.23. The lowest BCUT2D eigenvalue weighted by Crippen LogP contribution is -2.27. The molecule has 0 bridgehead atoms. The zero-order valence-corrected chi connectivity index (χ0v) is 13.4. The van der Waals surface area contributed by atoms with Crippen LogP contribution in [-0.4, -0.2) is 36.5 Å². The third-order valence-electron chi connectivity index (χ3n) is 4.63. The Hall–Kier alpha value is -1.88. The Kier molecular flexibility index (Phi) is 5.28. The number of nitrogens with zero attached hydrogens (tertiary/aromatic N) is 1. The molecular weight excluding hydrogens is 292 g/mol. The number of carbonyl (C=O) groups is 2. The van der Waals surface area contributed by atoms with Crippen LogP contribution in [0.5, 0.6) is 0 Å². The van der Waals surface area contributed by atoms with Crippen LogP contribution in [0.2, 0.25) is 0 Å². The Morgan fingerprint density at radius 2 is 2.13 bits per heavy atom. The molecule has 2 fully saturated rings. The molecule has 124 valence electrons. The molecule has 2 amide bonds. The Labute approximate surface area is 137 Å². The van der Waals surface area contributed by atoms with E-state index in [-0.39, 0.29) is 11.8 Å². The number of amides is 2. The first kappa shape index (κ1) is 16.0. The average Bonchev–Trinajstić information content (AvgIpc) is 3.19. The maximum atomic E-state index is 12.0. The molecule has 0 aliphatic carbocycles. The van der Waals surface area contributed by atoms with Gasteiger partial charge in [0.05, 0.1) is 0 Å². The van der Waals surface area contributed by atoms with Crippen LogP contribution in [0.3, 0.4) is 0 Å². The summed E-state index contributed by atoms with van der Waals surface area (Å²) in [6, 6.07) is 8.02. The van der Waals surface area contributed by atoms with Crippen molar-refractivity contribution < 1.29 is 14.3 Å². The van der Waals surface area contributed by atoms with E-state index in [1.807, 2.05) is 29.2 Å². The molecule has 1 N–H and O–H groups in total. The van der Waals surface area contributed by atoms with Crippen LogP contribution >= 0.6 is 0 Å². The Morgan fingerprint density at radius 3 is 2.83 bits per heavy atom. The number of likely N-dealkylation sites (tertiary alicyclic amines) is 1. The van der Waals surface area contributed by atoms with Crippen LogP contribution in [-0.2, 0) is 27.4 Å². The molecule has 2 aliphatic rings. The molecule has 1 aromatic rings. The van der Waals surface area contributed by atoms with Gasteiger partial charge in [-0.1, -0.05) is 24.3 Å². The van der Waals surface area contributed by atoms with E-state index in [4.69, 9.17) is 4.74 Å². The standard InChI is InChI=1S/C18H24N2O3/c21-17(10-14-7-9-23-13-14)19-11-15-4-1-2-5-16(15)12-20-8-3-6-18(20)22/h1-2,4-5,14H,3,6-13H2,(H,19,21). The zero-order valence-electron chi connectivity index (χ0n) is 13.4. The number of rotatable bonds is 6. The highest BCUT2D eigenvalue weighted by molar-refractivity contribution is 5.78. The summed E-state index contributed by atoms with van der Waals surface area (Å²) in [6.45, 7) is 3.46. The maximum absolute atomic E-state index is 12.0. The minimum atomic E-state index is 0.0764. The largest absolute Gasteiger partial charge is 0.381 e. The summed E-state index contributed by atoms with van der Waals surface area (Å²) in [5.41, 5.74) is 2.20. The van der Waals surface area contributed by atoms with Crippen LogP contribution in [0.1, 0.15) is 36.8 Å². The monoisotopic (exact) mass is 316 g/mol. The van der Waals surface area contributed by atoms with Crippen LogP contribution in [0.4, 0.5) is 0 Å². The highest BCUT2D eigenvalue weighted by Crippen LogP contribution is 2.18. The van der Waals surface area contributed by atoms with Crippen molar-refractivity contribution in [3.8, 4) is 0 Å². The van der Waals surface area contributed by atoms with Gasteiger partial charge >= 0.3 is 0 Å². The highest BCUT2D eigenvalue weighted by atomic mass is 16.5. The number of hydrogen-bond donors (Lipinski definition) is 1. The Morgan fingerprint density at radius 1 is 1.30 bits per heavy atom. The van der Waals surface area contributed by atoms with E-state index in [1.54, 1.807) is 0 Å². The molecule has 23 heavy (non-hydrogen) atoms. The molecule has 2 heterocycles. The molecule has 1 aromatic carbocycles. The van der Waals surface area contributed by atoms with Crippen molar-refractivity contribution in [2.75, 3.05) is 19.8 Å². The molecule has 5 heteroatoms. The fraction of sp³-hybridized carbons (Fsp3) is 0.556. The summed E-state index contributed by atoms with van der Waals surface area (Å²) >= 11 is 0. The summed E-state index contributed by atoms with van der Waals surface area (Å²) < 4.78 is 5.31. The normalized spacial score (nSPS) is 21.0. The van der Waals surface area contributed by atoms with Gasteiger partial charge in [0.2, 0.25) is 11.8 Å². The molecule has 0 saturated carbocycles. The van der Waals surface area contributed by atoms with Gasteiger partial charge in [-0.05, 0) is 29.9 Å². The van der Waals surface area contributed by atoms with E-state index in [0.717, 1.165) is 37.1 Å². The second kappa shape index (κ2) is 7.59. The van der Waals surface area contributed by atoms with Gasteiger partial charge in [-0.2, -0.15) is 0 Å². The van der Waals surface area contributed by atoms with Crippen molar-refractivity contribution in [3.05, 3.63) is 35.4 Å². The topological polar surface area (TPSA) is 58.6 Å². The van der Waals surface area contributed by atoms with E-state index < -0.39 is 0 Å². The summed E-state index contributed by atoms with van der Waals surface area (Å²) in [5.74, 6) is 0.657. The van der Waals surface area contributed by atoms with Gasteiger partial charge in [0, 0.05) is 45.7 Å². The van der Waals surface area contributed by atoms with Gasteiger partial charge in [0.25, 0.3) is 0 Å². The first-order valence-electron chi connectivity index (χ1n) is 8.41. The molecule has 1 atom stereocenters. The second-order valence-corrected chi connectivity index (χ2v) is 6.40. The summed E-state index contributed by atoms with van der Waals surface area (Å²) in [4.78, 5) is 25.7. The minimum Gasteiger partial charge on any atom is -0.381 e. The lowest BCUT2D eigenvalue weighted by Gasteiger charge is -2.18. The smallest absolute Gasteiger partial charge is 0.222 e. The van der Waals surface area contributed by atoms with Crippen molar-refractivity contribution in [1.29, 1.82) is 0 Å². The summed E-state index contributed by atoms with van der Waals surface area (Å²) in [6.07, 6.45) is 3.11. The first-order chi connectivity index (χ1) is 11.2. The number of benzene rings is 1. The number of ether oxygens (including phenoxy) is 1. The molecule has 0 radical (unpaired) electrons. The first-order valence-corrected chi connectivity index (χ1v) is 8.41. The molecule has 2 saturated heterocycles. The molecule has 3 rings (SSSR count). The zero-order chi connectivity index (χ0) is 16.1. The van der Waals surface area contributed by atoms with Gasteiger partial charge in [0.15, 0.2) is 0 Å². The molecule has 5 nitrogen and oxygen atoms in total. The SMILES string of the molecule is O=C(CC1CCOC1)NCc1ccccc1CN1CCCC1=O. The van der Waals surface area contributed by atoms with Gasteiger partial charge in [-0.25, -0.2) is 0 Å². The van der Waals surface area contributed by atoms with E-state index in [0.29, 0.717) is 38.5 Å². The third-order valence-corrected chi connectivity index (χ3v) is 4.63. The van der Waals surface area contributed by atoms with Gasteiger partial charge < -0.3 is 15.0 Å². The van der Waals surface area contributed by atoms with E-state index in [9.17, 15) is 9.59 Å². The van der Waals surface area contributed by atoms with Crippen LogP contribution in [0.25, 0.3) is 0 Å². The maximum Gasteiger partial charge on any atom is 0.222 e. The van der Waals surface area contributed by atoms with Crippen molar-refractivity contribution >= 4 is 11.8 Å². The summed E-state index contributed by atoms with van der Waals surface area (Å²) in [5, 5.41) is 3.00. The van der Waals surface area contributed by atoms with Gasteiger partial charge in [-0.3, -0.25) is 9.59 Å². The number of hydrogen-bond acceptors (Lipinski definition) is 3. The molecule has 0 spiro atoms. The lowest BCUT2D eigenvalue weighted by molar-refractivity contribution is -0.128. The molecule has 2 aliphatic heterocycles. The third kappa shape index (κ3) is 4.32. The average molecular weight is 316 g/mol. The van der Waals surface area contributed by atoms with Crippen molar-refractivity contribution in [1.82, 2.24) is 10.2 Å². The van der Waals surface area contributed by atoms with Crippen LogP contribution in [0.15, 0.2) is 24.3 Å². The molecule has 0 aromatic heterocycles. The number of nitrogens with one attached hydrogen (secondary N) is 1. The lowest BCUT2D eigenvalue weighted by atomic mass is 10.0. The number of carbonyl (C=O) groups excluding carboxylic acids is 2. The predicted octanol–water partition coefficient (Wildman–Crippen LogP) is 1.85. The van der Waals surface area contributed by atoms with Gasteiger partial charge in [0.1, 0.15) is 0 Å². The van der Waals surface area contributed by atoms with E-state index >= 15 is 0 Å². The van der Waals surface area contributed by atoms with Gasteiger partial charge in [-0.15, -0.1) is 0 Å². The second-order valence-electron chi connectivity index (χ2n) is 6.40. The quantitative estimate of drug-likeness (QED) is 0.871. The predicted molar refractivity (Wildman–Crippen MR) is 86.5 cm³/mol. The highest BCUT2D eigenvalue weighted by Gasteiger charge is 2.21. The van der Waals surface area contributed by atoms with Crippen LogP contribution in [0, 0.1) is 5.92 Å².